The van der Waals surface area contributed by atoms with Crippen LogP contribution in [0.2, 0.25) is 0 Å². The van der Waals surface area contributed by atoms with Gasteiger partial charge in [0.25, 0.3) is 0 Å². The molecule has 636 valence electrons. The van der Waals surface area contributed by atoms with E-state index in [0.29, 0.717) is 12.8 Å². The maximum absolute atomic E-state index is 13.5. The third-order valence-electron chi connectivity index (χ3n) is 20.6. The fraction of sp³-hybridized carbons (Fsp3) is 0.728. The Morgan fingerprint density at radius 2 is 0.631 bits per heavy atom. The molecular formula is C92H155NO18. The molecule has 3 rings (SSSR count). The van der Waals surface area contributed by atoms with Gasteiger partial charge < -0.3 is 89.9 Å². The van der Waals surface area contributed by atoms with E-state index >= 15 is 0 Å². The minimum absolute atomic E-state index is 0.196. The molecule has 3 saturated heterocycles. The fourth-order valence-corrected chi connectivity index (χ4v) is 13.7. The van der Waals surface area contributed by atoms with Gasteiger partial charge in [0.2, 0.25) is 5.91 Å². The first-order valence-electron chi connectivity index (χ1n) is 43.6. The van der Waals surface area contributed by atoms with Crippen molar-refractivity contribution in [1.82, 2.24) is 5.32 Å². The van der Waals surface area contributed by atoms with Crippen molar-refractivity contribution in [3.05, 3.63) is 146 Å². The predicted octanol–water partition coefficient (Wildman–Crippen LogP) is 16.2. The van der Waals surface area contributed by atoms with E-state index in [-0.39, 0.29) is 18.9 Å². The van der Waals surface area contributed by atoms with Gasteiger partial charge in [-0.25, -0.2) is 0 Å². The number of rotatable bonds is 68. The van der Waals surface area contributed by atoms with E-state index in [1.165, 1.54) is 154 Å². The summed E-state index contributed by atoms with van der Waals surface area (Å²) < 4.78 is 34.5. The molecule has 12 N–H and O–H groups in total. The van der Waals surface area contributed by atoms with Crippen molar-refractivity contribution in [2.45, 2.75) is 401 Å². The van der Waals surface area contributed by atoms with Crippen molar-refractivity contribution in [2.75, 3.05) is 26.4 Å². The number of unbranched alkanes of at least 4 members (excludes halogenated alkanes) is 30. The topological polar surface area (TPSA) is 307 Å². The summed E-state index contributed by atoms with van der Waals surface area (Å²) in [4.78, 5) is 13.5. The molecule has 111 heavy (non-hydrogen) atoms. The molecule has 1 amide bonds. The highest BCUT2D eigenvalue weighted by molar-refractivity contribution is 5.76. The zero-order chi connectivity index (χ0) is 80.3. The van der Waals surface area contributed by atoms with Gasteiger partial charge in [0.1, 0.15) is 73.2 Å². The number of carbonyl (C=O) groups is 1. The third kappa shape index (κ3) is 48.7. The molecule has 3 fully saturated rings. The summed E-state index contributed by atoms with van der Waals surface area (Å²) in [6.45, 7) is 1.60. The minimum atomic E-state index is -1.99. The number of aliphatic hydroxyl groups excluding tert-OH is 11. The standard InChI is InChI=1S/C92H155NO18/c1-3-5-7-9-11-13-15-17-19-21-23-25-27-29-31-33-35-36-37-38-40-42-44-46-48-50-52-54-56-58-60-62-64-66-68-70-80(98)93-75(76(97)69-67-65-63-61-59-57-55-53-51-49-47-45-43-41-39-34-32-30-28-26-24-22-20-18-16-14-12-10-8-6-4-2)74-106-90-86(104)83(101)88(78(72-95)108-90)111-92-87(105)84(102)89(79(73-96)109-92)110-91-85(103)82(100)81(99)77(71-94)107-91/h5,7,11,13,17,19,23,25,29,31,35-36,38,40,44,46,50,52,56,58-59,61,67,69,75-79,81-92,94-97,99-105H,3-4,6,8-10,12,14-16,18,20-22,24,26-28,30,32-34,37,39,41-43,45,47-49,51,53-55,57,60,62-66,68,70-74H2,1-2H3,(H,93,98)/b7-5-,13-11-,19-17-,25-23-,31-29-,36-35-,40-38-,46-44-,52-50-,58-56-,61-59+,69-67+. The first-order chi connectivity index (χ1) is 54.3. The first-order valence-corrected chi connectivity index (χ1v) is 43.6. The Morgan fingerprint density at radius 1 is 0.333 bits per heavy atom. The number of hydrogen-bond acceptors (Lipinski definition) is 18. The van der Waals surface area contributed by atoms with Crippen LogP contribution in [0.4, 0.5) is 0 Å². The number of nitrogens with one attached hydrogen (secondary N) is 1. The Balaban J connectivity index is 1.38. The molecule has 0 aliphatic carbocycles. The van der Waals surface area contributed by atoms with Crippen molar-refractivity contribution in [1.29, 1.82) is 0 Å². The van der Waals surface area contributed by atoms with Crippen LogP contribution in [0, 0.1) is 0 Å². The molecule has 3 aliphatic rings. The van der Waals surface area contributed by atoms with E-state index in [9.17, 15) is 61.0 Å². The van der Waals surface area contributed by atoms with Crippen molar-refractivity contribution in [3.63, 3.8) is 0 Å². The van der Waals surface area contributed by atoms with Crippen molar-refractivity contribution in [3.8, 4) is 0 Å². The Bertz CT molecular complexity index is 2580. The second-order valence-electron chi connectivity index (χ2n) is 30.3. The van der Waals surface area contributed by atoms with Crippen molar-refractivity contribution < 1.29 is 89.4 Å². The van der Waals surface area contributed by atoms with E-state index in [1.807, 2.05) is 6.08 Å². The van der Waals surface area contributed by atoms with Gasteiger partial charge in [-0.05, 0) is 109 Å². The zero-order valence-corrected chi connectivity index (χ0v) is 68.4. The molecular weight excluding hydrogens is 1410 g/mol. The van der Waals surface area contributed by atoms with Crippen LogP contribution < -0.4 is 5.32 Å². The van der Waals surface area contributed by atoms with Crippen molar-refractivity contribution in [2.24, 2.45) is 0 Å². The van der Waals surface area contributed by atoms with E-state index in [4.69, 9.17) is 28.4 Å². The number of amides is 1. The van der Waals surface area contributed by atoms with Crippen LogP contribution >= 0.6 is 0 Å². The fourth-order valence-electron chi connectivity index (χ4n) is 13.7. The Morgan fingerprint density at radius 3 is 1.01 bits per heavy atom. The second kappa shape index (κ2) is 69.9. The monoisotopic (exact) mass is 1560 g/mol. The first kappa shape index (κ1) is 101. The lowest BCUT2D eigenvalue weighted by Crippen LogP contribution is -2.66. The Hall–Kier alpha value is -4.33. The van der Waals surface area contributed by atoms with Crippen molar-refractivity contribution >= 4 is 5.91 Å². The molecule has 0 spiro atoms. The zero-order valence-electron chi connectivity index (χ0n) is 68.4. The van der Waals surface area contributed by atoms with Gasteiger partial charge in [-0.3, -0.25) is 4.79 Å². The van der Waals surface area contributed by atoms with Gasteiger partial charge in [-0.1, -0.05) is 327 Å². The van der Waals surface area contributed by atoms with Gasteiger partial charge in [0, 0.05) is 6.42 Å². The molecule has 17 atom stereocenters. The molecule has 19 nitrogen and oxygen atoms in total. The van der Waals surface area contributed by atoms with E-state index in [1.54, 1.807) is 6.08 Å². The quantitative estimate of drug-likeness (QED) is 0.0199. The van der Waals surface area contributed by atoms with Crippen LogP contribution in [0.15, 0.2) is 146 Å². The highest BCUT2D eigenvalue weighted by Crippen LogP contribution is 2.33. The largest absolute Gasteiger partial charge is 0.394 e. The van der Waals surface area contributed by atoms with Gasteiger partial charge in [-0.2, -0.15) is 0 Å². The van der Waals surface area contributed by atoms with Crippen LogP contribution in [0.1, 0.15) is 296 Å². The number of allylic oxidation sites excluding steroid dienone is 23. The summed E-state index contributed by atoms with van der Waals surface area (Å²) >= 11 is 0. The lowest BCUT2D eigenvalue weighted by Gasteiger charge is -2.48. The second-order valence-corrected chi connectivity index (χ2v) is 30.3. The summed E-state index contributed by atoms with van der Waals surface area (Å²) in [6.07, 6.45) is 75.6. The highest BCUT2D eigenvalue weighted by atomic mass is 16.8. The average Bonchev–Trinajstić information content (AvgIpc) is 0.780. The van der Waals surface area contributed by atoms with E-state index in [2.05, 4.69) is 153 Å². The number of ether oxygens (including phenoxy) is 6. The molecule has 19 heteroatoms. The van der Waals surface area contributed by atoms with Gasteiger partial charge in [0.15, 0.2) is 18.9 Å². The summed E-state index contributed by atoms with van der Waals surface area (Å²) in [7, 11) is 0. The summed E-state index contributed by atoms with van der Waals surface area (Å²) in [5.74, 6) is -0.313. The van der Waals surface area contributed by atoms with Crippen LogP contribution in [-0.2, 0) is 33.2 Å². The van der Waals surface area contributed by atoms with Gasteiger partial charge in [-0.15, -0.1) is 0 Å². The lowest BCUT2D eigenvalue weighted by atomic mass is 9.96. The molecule has 0 aromatic heterocycles. The Labute approximate surface area is 670 Å². The lowest BCUT2D eigenvalue weighted by molar-refractivity contribution is -0.379. The van der Waals surface area contributed by atoms with Gasteiger partial charge >= 0.3 is 0 Å². The normalized spacial score (nSPS) is 25.8. The summed E-state index contributed by atoms with van der Waals surface area (Å²) in [5.41, 5.74) is 0. The molecule has 3 heterocycles. The molecule has 0 bridgehead atoms. The number of hydrogen-bond donors (Lipinski definition) is 12. The van der Waals surface area contributed by atoms with Crippen LogP contribution in [0.25, 0.3) is 0 Å². The third-order valence-corrected chi connectivity index (χ3v) is 20.6. The molecule has 0 radical (unpaired) electrons. The molecule has 0 saturated carbocycles. The predicted molar refractivity (Wildman–Crippen MR) is 447 cm³/mol. The maximum Gasteiger partial charge on any atom is 0.220 e. The number of aliphatic hydroxyl groups is 11. The number of carbonyl (C=O) groups excluding carboxylic acids is 1. The Kier molecular flexibility index (Phi) is 63.5. The summed E-state index contributed by atoms with van der Waals surface area (Å²) in [5, 5.41) is 121. The SMILES string of the molecule is CC/C=C\C/C=C\C/C=C\C/C=C\C/C=C\C/C=C\C/C=C\C/C=C\C/C=C\C/C=C\CCCCCCC(=O)NC(COC1OC(CO)C(OC2OC(CO)C(OC3OC(CO)C(O)C(O)C3O)C(O)C2O)C(O)C1O)C(O)/C=C/CC/C=C/CCCCCCCCCCCCCCCCCCCCCCCCCCC. The molecule has 0 aromatic rings. The molecule has 3 aliphatic heterocycles. The molecule has 0 aromatic carbocycles. The minimum Gasteiger partial charge on any atom is -0.394 e. The summed E-state index contributed by atoms with van der Waals surface area (Å²) in [6, 6.07) is -1.02. The maximum atomic E-state index is 13.5. The average molecular weight is 1560 g/mol. The van der Waals surface area contributed by atoms with Crippen LogP contribution in [0.5, 0.6) is 0 Å². The highest BCUT2D eigenvalue weighted by Gasteiger charge is 2.54. The van der Waals surface area contributed by atoms with Gasteiger partial charge in [0.05, 0.1) is 38.6 Å². The molecule has 17 unspecified atom stereocenters. The smallest absolute Gasteiger partial charge is 0.220 e. The van der Waals surface area contributed by atoms with E-state index in [0.717, 1.165) is 109 Å². The van der Waals surface area contributed by atoms with Crippen LogP contribution in [-0.4, -0.2) is 193 Å². The van der Waals surface area contributed by atoms with Crippen LogP contribution in [0.3, 0.4) is 0 Å². The van der Waals surface area contributed by atoms with E-state index < -0.39 is 124 Å².